The van der Waals surface area contributed by atoms with E-state index in [9.17, 15) is 26.0 Å². The van der Waals surface area contributed by atoms with Crippen LogP contribution in [-0.2, 0) is 10.0 Å². The lowest BCUT2D eigenvalue weighted by Crippen LogP contribution is -2.14. The third-order valence-corrected chi connectivity index (χ3v) is 4.23. The SMILES string of the molecule is Cc1cc(OC(F)F)ccc1NS(=O)(=O)c1ccc(F)c(F)c1. The molecular weight excluding hydrogens is 338 g/mol. The van der Waals surface area contributed by atoms with E-state index < -0.39 is 33.2 Å². The average Bonchev–Trinajstić information content (AvgIpc) is 2.44. The number of benzene rings is 2. The first-order valence-corrected chi connectivity index (χ1v) is 7.71. The molecule has 0 unspecified atom stereocenters. The Kier molecular flexibility index (Phi) is 4.79. The summed E-state index contributed by atoms with van der Waals surface area (Å²) in [6.07, 6.45) is 0. The Morgan fingerprint density at radius 2 is 1.74 bits per heavy atom. The summed E-state index contributed by atoms with van der Waals surface area (Å²) >= 11 is 0. The summed E-state index contributed by atoms with van der Waals surface area (Å²) < 4.78 is 80.9. The number of anilines is 1. The molecule has 0 radical (unpaired) electrons. The minimum Gasteiger partial charge on any atom is -0.435 e. The lowest BCUT2D eigenvalue weighted by molar-refractivity contribution is -0.0498. The van der Waals surface area contributed by atoms with Gasteiger partial charge in [0.1, 0.15) is 5.75 Å². The normalized spacial score (nSPS) is 11.6. The van der Waals surface area contributed by atoms with Crippen LogP contribution in [0.15, 0.2) is 41.3 Å². The van der Waals surface area contributed by atoms with Crippen molar-refractivity contribution in [2.45, 2.75) is 18.4 Å². The van der Waals surface area contributed by atoms with Crippen LogP contribution in [0, 0.1) is 18.6 Å². The number of ether oxygens (including phenoxy) is 1. The van der Waals surface area contributed by atoms with Crippen LogP contribution in [0.1, 0.15) is 5.56 Å². The highest BCUT2D eigenvalue weighted by Gasteiger charge is 2.18. The maximum atomic E-state index is 13.1. The van der Waals surface area contributed by atoms with Gasteiger partial charge < -0.3 is 4.74 Å². The third kappa shape index (κ3) is 4.13. The summed E-state index contributed by atoms with van der Waals surface area (Å²) in [4.78, 5) is -0.469. The summed E-state index contributed by atoms with van der Waals surface area (Å²) in [7, 11) is -4.16. The zero-order chi connectivity index (χ0) is 17.2. The van der Waals surface area contributed by atoms with Crippen molar-refractivity contribution in [3.05, 3.63) is 53.6 Å². The lowest BCUT2D eigenvalue weighted by Gasteiger charge is -2.12. The van der Waals surface area contributed by atoms with Gasteiger partial charge in [0.2, 0.25) is 0 Å². The van der Waals surface area contributed by atoms with Gasteiger partial charge in [0, 0.05) is 0 Å². The number of hydrogen-bond donors (Lipinski definition) is 1. The number of halogens is 4. The molecule has 9 heteroatoms. The molecule has 0 spiro atoms. The fourth-order valence-electron chi connectivity index (χ4n) is 1.77. The first kappa shape index (κ1) is 17.1. The Morgan fingerprint density at radius 3 is 2.30 bits per heavy atom. The second-order valence-corrected chi connectivity index (χ2v) is 6.22. The molecule has 124 valence electrons. The summed E-state index contributed by atoms with van der Waals surface area (Å²) in [6.45, 7) is -1.53. The molecule has 0 heterocycles. The fourth-order valence-corrected chi connectivity index (χ4v) is 2.92. The summed E-state index contributed by atoms with van der Waals surface area (Å²) in [6, 6.07) is 5.74. The summed E-state index contributed by atoms with van der Waals surface area (Å²) in [5, 5.41) is 0. The van der Waals surface area contributed by atoms with Gasteiger partial charge in [0.25, 0.3) is 10.0 Å². The molecule has 2 aromatic rings. The molecule has 0 aliphatic carbocycles. The first-order chi connectivity index (χ1) is 10.7. The van der Waals surface area contributed by atoms with Gasteiger partial charge in [-0.2, -0.15) is 8.78 Å². The van der Waals surface area contributed by atoms with E-state index in [0.717, 1.165) is 12.1 Å². The lowest BCUT2D eigenvalue weighted by atomic mass is 10.2. The number of aryl methyl sites for hydroxylation is 1. The van der Waals surface area contributed by atoms with E-state index in [1.807, 2.05) is 0 Å². The van der Waals surface area contributed by atoms with Crippen molar-refractivity contribution in [1.29, 1.82) is 0 Å². The van der Waals surface area contributed by atoms with Crippen molar-refractivity contribution in [3.8, 4) is 5.75 Å². The molecule has 23 heavy (non-hydrogen) atoms. The molecule has 2 rings (SSSR count). The molecule has 0 aliphatic heterocycles. The Morgan fingerprint density at radius 1 is 1.04 bits per heavy atom. The zero-order valence-corrected chi connectivity index (χ0v) is 12.5. The highest BCUT2D eigenvalue weighted by molar-refractivity contribution is 7.92. The van der Waals surface area contributed by atoms with Crippen LogP contribution < -0.4 is 9.46 Å². The van der Waals surface area contributed by atoms with Crippen molar-refractivity contribution in [1.82, 2.24) is 0 Å². The molecule has 0 saturated carbocycles. The summed E-state index contributed by atoms with van der Waals surface area (Å²) in [5.41, 5.74) is 0.408. The van der Waals surface area contributed by atoms with Crippen LogP contribution in [0.5, 0.6) is 5.75 Å². The molecule has 0 fully saturated rings. The smallest absolute Gasteiger partial charge is 0.387 e. The van der Waals surface area contributed by atoms with Gasteiger partial charge in [-0.1, -0.05) is 0 Å². The quantitative estimate of drug-likeness (QED) is 0.838. The van der Waals surface area contributed by atoms with E-state index in [0.29, 0.717) is 17.7 Å². The van der Waals surface area contributed by atoms with Crippen molar-refractivity contribution < 1.29 is 30.7 Å². The Balaban J connectivity index is 2.28. The van der Waals surface area contributed by atoms with E-state index in [1.165, 1.54) is 19.1 Å². The maximum absolute atomic E-state index is 13.1. The van der Waals surface area contributed by atoms with Crippen LogP contribution in [0.2, 0.25) is 0 Å². The van der Waals surface area contributed by atoms with Crippen molar-refractivity contribution in [2.24, 2.45) is 0 Å². The van der Waals surface area contributed by atoms with Gasteiger partial charge in [-0.3, -0.25) is 4.72 Å². The number of hydrogen-bond acceptors (Lipinski definition) is 3. The Hall–Kier alpha value is -2.29. The predicted octanol–water partition coefficient (Wildman–Crippen LogP) is 3.68. The molecular formula is C14H11F4NO3S. The van der Waals surface area contributed by atoms with E-state index in [2.05, 4.69) is 9.46 Å². The molecule has 1 N–H and O–H groups in total. The first-order valence-electron chi connectivity index (χ1n) is 6.22. The third-order valence-electron chi connectivity index (χ3n) is 2.87. The van der Waals surface area contributed by atoms with E-state index >= 15 is 0 Å². The predicted molar refractivity (Wildman–Crippen MR) is 75.0 cm³/mol. The zero-order valence-electron chi connectivity index (χ0n) is 11.7. The molecule has 0 aliphatic rings. The van der Waals surface area contributed by atoms with Gasteiger partial charge in [-0.05, 0) is 48.9 Å². The van der Waals surface area contributed by atoms with Gasteiger partial charge in [0.15, 0.2) is 11.6 Å². The number of alkyl halides is 2. The van der Waals surface area contributed by atoms with E-state index in [-0.39, 0.29) is 11.4 Å². The van der Waals surface area contributed by atoms with Crippen molar-refractivity contribution in [3.63, 3.8) is 0 Å². The minimum atomic E-state index is -4.16. The molecule has 0 amide bonds. The van der Waals surface area contributed by atoms with Crippen LogP contribution >= 0.6 is 0 Å². The van der Waals surface area contributed by atoms with Crippen LogP contribution in [-0.4, -0.2) is 15.0 Å². The monoisotopic (exact) mass is 349 g/mol. The number of nitrogens with one attached hydrogen (secondary N) is 1. The van der Waals surface area contributed by atoms with Crippen LogP contribution in [0.25, 0.3) is 0 Å². The largest absolute Gasteiger partial charge is 0.435 e. The summed E-state index contributed by atoms with van der Waals surface area (Å²) in [5.74, 6) is -2.60. The molecule has 0 aromatic heterocycles. The molecule has 0 bridgehead atoms. The van der Waals surface area contributed by atoms with Gasteiger partial charge in [0.05, 0.1) is 10.6 Å². The second kappa shape index (κ2) is 6.45. The van der Waals surface area contributed by atoms with Gasteiger partial charge in [-0.25, -0.2) is 17.2 Å². The fraction of sp³-hybridized carbons (Fsp3) is 0.143. The van der Waals surface area contributed by atoms with Gasteiger partial charge >= 0.3 is 6.61 Å². The van der Waals surface area contributed by atoms with Crippen molar-refractivity contribution >= 4 is 15.7 Å². The second-order valence-electron chi connectivity index (χ2n) is 4.54. The van der Waals surface area contributed by atoms with Crippen molar-refractivity contribution in [2.75, 3.05) is 4.72 Å². The van der Waals surface area contributed by atoms with Gasteiger partial charge in [-0.15, -0.1) is 0 Å². The topological polar surface area (TPSA) is 55.4 Å². The minimum absolute atomic E-state index is 0.0938. The highest BCUT2D eigenvalue weighted by atomic mass is 32.2. The van der Waals surface area contributed by atoms with E-state index in [4.69, 9.17) is 0 Å². The Labute approximate surface area is 129 Å². The maximum Gasteiger partial charge on any atom is 0.387 e. The Bertz CT molecular complexity index is 825. The molecule has 0 atom stereocenters. The molecule has 2 aromatic carbocycles. The molecule has 0 saturated heterocycles. The molecule has 4 nitrogen and oxygen atoms in total. The van der Waals surface area contributed by atoms with E-state index in [1.54, 1.807) is 0 Å². The number of sulfonamides is 1. The number of rotatable bonds is 5. The van der Waals surface area contributed by atoms with Crippen LogP contribution in [0.4, 0.5) is 23.2 Å². The van der Waals surface area contributed by atoms with Crippen LogP contribution in [0.3, 0.4) is 0 Å². The standard InChI is InChI=1S/C14H11F4NO3S/c1-8-6-9(22-14(17)18)2-5-13(8)19-23(20,21)10-3-4-11(15)12(16)7-10/h2-7,14,19H,1H3. The highest BCUT2D eigenvalue weighted by Crippen LogP contribution is 2.25. The average molecular weight is 349 g/mol.